The van der Waals surface area contributed by atoms with Gasteiger partial charge in [0.25, 0.3) is 11.8 Å². The Morgan fingerprint density at radius 2 is 2.00 bits per heavy atom. The van der Waals surface area contributed by atoms with Gasteiger partial charge < -0.3 is 0 Å². The summed E-state index contributed by atoms with van der Waals surface area (Å²) in [6, 6.07) is 2.92. The van der Waals surface area contributed by atoms with Gasteiger partial charge >= 0.3 is 0 Å². The standard InChI is InChI=1S/C10H8N2O4/c13-8-5-7(10(15)12(8)16)9(14)6-1-3-11-4-2-6/h1-4,7,16H,5H2. The van der Waals surface area contributed by atoms with Gasteiger partial charge in [-0.05, 0) is 12.1 Å². The van der Waals surface area contributed by atoms with Gasteiger partial charge in [0.15, 0.2) is 5.78 Å². The second-order valence-corrected chi connectivity index (χ2v) is 3.40. The molecule has 6 heteroatoms. The molecule has 1 aromatic heterocycles. The average Bonchev–Trinajstić information content (AvgIpc) is 2.57. The largest absolute Gasteiger partial charge is 0.293 e. The third kappa shape index (κ3) is 1.59. The molecule has 0 aliphatic carbocycles. The normalized spacial score (nSPS) is 20.3. The van der Waals surface area contributed by atoms with Crippen molar-refractivity contribution in [1.82, 2.24) is 10.0 Å². The van der Waals surface area contributed by atoms with E-state index < -0.39 is 23.5 Å². The molecule has 1 aromatic rings. The molecule has 0 spiro atoms. The molecule has 1 unspecified atom stereocenters. The highest BCUT2D eigenvalue weighted by molar-refractivity contribution is 6.17. The Labute approximate surface area is 90.5 Å². The van der Waals surface area contributed by atoms with Crippen molar-refractivity contribution >= 4 is 17.6 Å². The zero-order chi connectivity index (χ0) is 11.7. The molecule has 1 atom stereocenters. The highest BCUT2D eigenvalue weighted by atomic mass is 16.5. The summed E-state index contributed by atoms with van der Waals surface area (Å²) in [5, 5.41) is 9.01. The first kappa shape index (κ1) is 10.4. The van der Waals surface area contributed by atoms with E-state index in [9.17, 15) is 14.4 Å². The summed E-state index contributed by atoms with van der Waals surface area (Å²) in [6.07, 6.45) is 2.56. The van der Waals surface area contributed by atoms with Crippen LogP contribution in [0.1, 0.15) is 16.8 Å². The Morgan fingerprint density at radius 3 is 2.50 bits per heavy atom. The predicted molar refractivity (Wildman–Crippen MR) is 50.3 cm³/mol. The molecule has 16 heavy (non-hydrogen) atoms. The van der Waals surface area contributed by atoms with E-state index in [0.717, 1.165) is 0 Å². The van der Waals surface area contributed by atoms with Crippen LogP contribution in [0.25, 0.3) is 0 Å². The molecule has 2 rings (SSSR count). The maximum Gasteiger partial charge on any atom is 0.264 e. The van der Waals surface area contributed by atoms with E-state index >= 15 is 0 Å². The first-order valence-electron chi connectivity index (χ1n) is 4.61. The van der Waals surface area contributed by atoms with Crippen molar-refractivity contribution in [2.45, 2.75) is 6.42 Å². The van der Waals surface area contributed by atoms with Crippen molar-refractivity contribution in [3.8, 4) is 0 Å². The molecule has 0 radical (unpaired) electrons. The van der Waals surface area contributed by atoms with E-state index in [0.29, 0.717) is 5.56 Å². The summed E-state index contributed by atoms with van der Waals surface area (Å²) in [5.41, 5.74) is 0.302. The van der Waals surface area contributed by atoms with Crippen LogP contribution in [0, 0.1) is 5.92 Å². The Kier molecular flexibility index (Phi) is 2.49. The van der Waals surface area contributed by atoms with Crippen LogP contribution in [0.4, 0.5) is 0 Å². The third-order valence-corrected chi connectivity index (χ3v) is 2.40. The number of nitrogens with zero attached hydrogens (tertiary/aromatic N) is 2. The monoisotopic (exact) mass is 220 g/mol. The predicted octanol–water partition coefficient (Wildman–Crippen LogP) is 0.0286. The van der Waals surface area contributed by atoms with Gasteiger partial charge in [0.05, 0.1) is 0 Å². The van der Waals surface area contributed by atoms with E-state index in [2.05, 4.69) is 4.98 Å². The minimum absolute atomic E-state index is 0.00373. The van der Waals surface area contributed by atoms with Crippen molar-refractivity contribution in [1.29, 1.82) is 0 Å². The second kappa shape index (κ2) is 3.82. The van der Waals surface area contributed by atoms with E-state index in [4.69, 9.17) is 5.21 Å². The molecule has 0 aromatic carbocycles. The Bertz CT molecular complexity index is 457. The topological polar surface area (TPSA) is 87.6 Å². The van der Waals surface area contributed by atoms with Crippen LogP contribution < -0.4 is 0 Å². The molecule has 1 aliphatic heterocycles. The highest BCUT2D eigenvalue weighted by Gasteiger charge is 2.42. The van der Waals surface area contributed by atoms with E-state index in [1.165, 1.54) is 24.5 Å². The molecule has 2 amide bonds. The SMILES string of the molecule is O=C(c1ccncc1)C1CC(=O)N(O)C1=O. The number of pyridine rings is 1. The van der Waals surface area contributed by atoms with Crippen LogP contribution in [0.15, 0.2) is 24.5 Å². The third-order valence-electron chi connectivity index (χ3n) is 2.40. The maximum absolute atomic E-state index is 11.8. The van der Waals surface area contributed by atoms with Gasteiger partial charge in [0.2, 0.25) is 0 Å². The lowest BCUT2D eigenvalue weighted by molar-refractivity contribution is -0.171. The molecule has 2 heterocycles. The molecular weight excluding hydrogens is 212 g/mol. The van der Waals surface area contributed by atoms with Crippen molar-refractivity contribution in [2.24, 2.45) is 5.92 Å². The Balaban J connectivity index is 2.25. The first-order valence-corrected chi connectivity index (χ1v) is 4.61. The summed E-state index contributed by atoms with van der Waals surface area (Å²) < 4.78 is 0. The fourth-order valence-electron chi connectivity index (χ4n) is 1.54. The van der Waals surface area contributed by atoms with Gasteiger partial charge in [-0.1, -0.05) is 0 Å². The van der Waals surface area contributed by atoms with Gasteiger partial charge in [-0.25, -0.2) is 0 Å². The average molecular weight is 220 g/mol. The number of rotatable bonds is 2. The summed E-state index contributed by atoms with van der Waals surface area (Å²) in [6.45, 7) is 0. The lowest BCUT2D eigenvalue weighted by Gasteiger charge is -2.06. The van der Waals surface area contributed by atoms with Crippen LogP contribution >= 0.6 is 0 Å². The Hall–Kier alpha value is -2.08. The van der Waals surface area contributed by atoms with Crippen molar-refractivity contribution in [2.75, 3.05) is 0 Å². The number of hydroxylamine groups is 2. The smallest absolute Gasteiger partial charge is 0.264 e. The molecule has 1 N–H and O–H groups in total. The van der Waals surface area contributed by atoms with E-state index in [1.54, 1.807) is 0 Å². The van der Waals surface area contributed by atoms with Gasteiger partial charge in [-0.15, -0.1) is 0 Å². The maximum atomic E-state index is 11.8. The number of aromatic nitrogens is 1. The molecule has 0 bridgehead atoms. The van der Waals surface area contributed by atoms with Crippen LogP contribution in [-0.2, 0) is 9.59 Å². The zero-order valence-corrected chi connectivity index (χ0v) is 8.16. The first-order chi connectivity index (χ1) is 7.61. The molecule has 1 saturated heterocycles. The van der Waals surface area contributed by atoms with Gasteiger partial charge in [0.1, 0.15) is 5.92 Å². The fraction of sp³-hybridized carbons (Fsp3) is 0.200. The van der Waals surface area contributed by atoms with Gasteiger partial charge in [-0.2, -0.15) is 5.06 Å². The van der Waals surface area contributed by atoms with Gasteiger partial charge in [-0.3, -0.25) is 24.6 Å². The number of hydrogen-bond donors (Lipinski definition) is 1. The number of Topliss-reactive ketones (excluding diaryl/α,β-unsaturated/α-hetero) is 1. The lowest BCUT2D eigenvalue weighted by atomic mass is 9.97. The lowest BCUT2D eigenvalue weighted by Crippen LogP contribution is -2.29. The van der Waals surface area contributed by atoms with E-state index in [-0.39, 0.29) is 11.5 Å². The van der Waals surface area contributed by atoms with Crippen molar-refractivity contribution < 1.29 is 19.6 Å². The number of carbonyl (C=O) groups is 3. The van der Waals surface area contributed by atoms with E-state index in [1.807, 2.05) is 0 Å². The molecule has 1 fully saturated rings. The zero-order valence-electron chi connectivity index (χ0n) is 8.16. The van der Waals surface area contributed by atoms with Crippen LogP contribution in [0.3, 0.4) is 0 Å². The number of imide groups is 1. The summed E-state index contributed by atoms with van der Waals surface area (Å²) in [4.78, 5) is 37.9. The van der Waals surface area contributed by atoms with Crippen molar-refractivity contribution in [3.05, 3.63) is 30.1 Å². The second-order valence-electron chi connectivity index (χ2n) is 3.40. The number of ketones is 1. The number of carbonyl (C=O) groups excluding carboxylic acids is 3. The summed E-state index contributed by atoms with van der Waals surface area (Å²) >= 11 is 0. The molecular formula is C10H8N2O4. The Morgan fingerprint density at radius 1 is 1.38 bits per heavy atom. The van der Waals surface area contributed by atoms with Crippen molar-refractivity contribution in [3.63, 3.8) is 0 Å². The summed E-state index contributed by atoms with van der Waals surface area (Å²) in [7, 11) is 0. The van der Waals surface area contributed by atoms with Crippen LogP contribution in [0.5, 0.6) is 0 Å². The molecule has 82 valence electrons. The molecule has 0 saturated carbocycles. The minimum Gasteiger partial charge on any atom is -0.293 e. The van der Waals surface area contributed by atoms with Gasteiger partial charge in [0, 0.05) is 24.4 Å². The summed E-state index contributed by atoms with van der Waals surface area (Å²) in [5.74, 6) is -3.21. The quantitative estimate of drug-likeness (QED) is 0.329. The van der Waals surface area contributed by atoms with Crippen LogP contribution in [0.2, 0.25) is 0 Å². The highest BCUT2D eigenvalue weighted by Crippen LogP contribution is 2.21. The van der Waals surface area contributed by atoms with Crippen LogP contribution in [-0.4, -0.2) is 32.9 Å². The molecule has 6 nitrogen and oxygen atoms in total. The number of hydrogen-bond acceptors (Lipinski definition) is 5. The minimum atomic E-state index is -1.11. The number of amides is 2. The molecule has 1 aliphatic rings. The fourth-order valence-corrected chi connectivity index (χ4v) is 1.54.